The summed E-state index contributed by atoms with van der Waals surface area (Å²) in [5, 5.41) is 28.9. The lowest BCUT2D eigenvalue weighted by atomic mass is 10.1. The minimum Gasteiger partial charge on any atom is -0.493 e. The van der Waals surface area contributed by atoms with Crippen molar-refractivity contribution >= 4 is 46.3 Å². The Labute approximate surface area is 752 Å². The van der Waals surface area contributed by atoms with Crippen LogP contribution in [0.1, 0.15) is 110 Å². The Morgan fingerprint density at radius 1 is 0.382 bits per heavy atom. The smallest absolute Gasteiger partial charge is 0.356 e. The first-order valence-electron chi connectivity index (χ1n) is 42.4. The number of halogens is 4. The summed E-state index contributed by atoms with van der Waals surface area (Å²) >= 11 is 0. The molecule has 32 nitrogen and oxygen atoms in total. The Kier molecular flexibility index (Phi) is 30.0. The fraction of sp³-hybridized carbons (Fsp3) is 0.284. The summed E-state index contributed by atoms with van der Waals surface area (Å²) < 4.78 is 95.1. The van der Waals surface area contributed by atoms with Gasteiger partial charge < -0.3 is 80.5 Å². The van der Waals surface area contributed by atoms with E-state index in [4.69, 9.17) is 47.6 Å². The van der Waals surface area contributed by atoms with E-state index in [9.17, 15) is 41.8 Å². The number of hydrogen-bond acceptors (Lipinski definition) is 20. The van der Waals surface area contributed by atoms with E-state index in [1.54, 1.807) is 110 Å². The first kappa shape index (κ1) is 93.8. The van der Waals surface area contributed by atoms with Crippen LogP contribution in [-0.2, 0) is 79.6 Å². The van der Waals surface area contributed by atoms with Gasteiger partial charge in [-0.3, -0.25) is 33.1 Å². The molecule has 0 atom stereocenters. The van der Waals surface area contributed by atoms with Gasteiger partial charge in [0.1, 0.15) is 68.9 Å². The van der Waals surface area contributed by atoms with Gasteiger partial charge in [0.2, 0.25) is 0 Å². The SMILES string of the molecule is CNC(=O)c1nn(C)c(C)c1CCOc1ccc(F)cc1-c1ccc2ncc(CCN)n2c1.Cc1c(CCOc2ccc(F)cc2-c2ccc3ncc(CCN)n3c2)c(C(=O)N(C)C)nn1C.Cc1c(CCOc2ccc(F)cc2-c2ccc3ncc(CCN)n3c2)c(C(=O)O)nn1C.Cc1c(CCOc2ccc(F)cc2-c2ccc3ncc(CCN)n3c2)c(C(N)=O)nn1C. The van der Waals surface area contributed by atoms with Crippen molar-refractivity contribution in [3.63, 3.8) is 0 Å². The topological polar surface area (TPSA) is 411 Å². The lowest BCUT2D eigenvalue weighted by molar-refractivity contribution is 0.0687. The number of amides is 3. The Morgan fingerprint density at radius 2 is 0.641 bits per heavy atom. The van der Waals surface area contributed by atoms with Gasteiger partial charge >= 0.3 is 5.97 Å². The normalized spacial score (nSPS) is 11.2. The highest BCUT2D eigenvalue weighted by Crippen LogP contribution is 2.37. The largest absolute Gasteiger partial charge is 0.493 e. The molecule has 0 aliphatic carbocycles. The number of aryl methyl sites for hydroxylation is 4. The van der Waals surface area contributed by atoms with Crippen molar-refractivity contribution in [2.24, 2.45) is 56.9 Å². The average Bonchev–Trinajstić information content (AvgIpc) is 1.76. The van der Waals surface area contributed by atoms with Crippen LogP contribution in [0, 0.1) is 51.0 Å². The second-order valence-electron chi connectivity index (χ2n) is 31.3. The summed E-state index contributed by atoms with van der Waals surface area (Å²) in [6.45, 7) is 10.7. The third-order valence-corrected chi connectivity index (χ3v) is 22.7. The van der Waals surface area contributed by atoms with E-state index in [0.29, 0.717) is 153 Å². The number of nitrogens with one attached hydrogen (secondary N) is 1. The van der Waals surface area contributed by atoms with E-state index in [2.05, 4.69) is 45.6 Å². The third-order valence-electron chi connectivity index (χ3n) is 22.7. The predicted octanol–water partition coefficient (Wildman–Crippen LogP) is 11.1. The number of primary amides is 1. The van der Waals surface area contributed by atoms with Crippen LogP contribution in [0.15, 0.2) is 171 Å². The molecular weight excluding hydrogens is 1680 g/mol. The van der Waals surface area contributed by atoms with Gasteiger partial charge in [-0.05, 0) is 175 Å². The quantitative estimate of drug-likeness (QED) is 0.0193. The summed E-state index contributed by atoms with van der Waals surface area (Å²) in [4.78, 5) is 67.0. The van der Waals surface area contributed by atoms with Gasteiger partial charge in [0.25, 0.3) is 17.7 Å². The van der Waals surface area contributed by atoms with Gasteiger partial charge in [0.15, 0.2) is 22.8 Å². The lowest BCUT2D eigenvalue weighted by Crippen LogP contribution is -2.23. The zero-order chi connectivity index (χ0) is 93.6. The molecule has 0 bridgehead atoms. The van der Waals surface area contributed by atoms with Crippen LogP contribution in [0.25, 0.3) is 67.1 Å². The molecule has 0 aliphatic rings. The predicted molar refractivity (Wildman–Crippen MR) is 489 cm³/mol. The van der Waals surface area contributed by atoms with Crippen LogP contribution in [0.5, 0.6) is 23.0 Å². The molecule has 0 saturated heterocycles. The number of nitrogens with zero attached hydrogens (tertiary/aromatic N) is 17. The van der Waals surface area contributed by atoms with E-state index in [-0.39, 0.29) is 59.7 Å². The number of carbonyl (C=O) groups excluding carboxylic acids is 3. The second-order valence-corrected chi connectivity index (χ2v) is 31.3. The molecule has 131 heavy (non-hydrogen) atoms. The number of carboxylic acids is 1. The molecule has 0 unspecified atom stereocenters. The van der Waals surface area contributed by atoms with Crippen LogP contribution in [0.2, 0.25) is 0 Å². The van der Waals surface area contributed by atoms with Crippen molar-refractivity contribution in [2.75, 3.05) is 73.7 Å². The Balaban J connectivity index is 0.000000149. The number of fused-ring (bicyclic) bond motifs is 4. The summed E-state index contributed by atoms with van der Waals surface area (Å²) in [5.74, 6) is -1.33. The third kappa shape index (κ3) is 21.3. The highest BCUT2D eigenvalue weighted by Gasteiger charge is 2.26. The van der Waals surface area contributed by atoms with Gasteiger partial charge in [0.05, 0.1) is 26.4 Å². The van der Waals surface area contributed by atoms with Crippen LogP contribution in [-0.4, -0.2) is 184 Å². The molecule has 12 N–H and O–H groups in total. The Hall–Kier alpha value is -14.9. The minimum absolute atomic E-state index is 0.0194. The molecular formula is C95H105F4N23O9. The van der Waals surface area contributed by atoms with Crippen LogP contribution < -0.4 is 52.9 Å². The number of carboxylic acid groups (broad SMARTS) is 1. The molecule has 16 rings (SSSR count). The van der Waals surface area contributed by atoms with Crippen molar-refractivity contribution in [2.45, 2.75) is 79.1 Å². The second kappa shape index (κ2) is 41.9. The standard InChI is InChI=1S/C25H29FN6O2.C24H27FN6O2.C23H25FN6O2.C23H24FN5O3/c1-16-20(24(29-31(16)4)25(33)30(2)3)10-12-34-22-7-6-18(26)13-21(22)17-5-8-23-28-14-19(9-11-27)32(23)15-17;1-15-19(23(24(32)27-2)29-30(15)3)9-11-33-21-6-5-17(25)12-20(21)16-4-7-22-28-13-18(8-10-26)31(22)14-16;1-14-18(22(23(26)31)28-29(14)2)8-10-32-20-5-4-16(24)11-19(20)15-3-6-21-27-12-17(7-9-25)30(21)13-15;1-14-18(22(23(30)31)27-28(14)2)8-10-32-20-5-4-16(24)11-19(20)15-3-6-21-26-12-17(7-9-25)29(21)13-15/h5-8,13-15H,9-12,27H2,1-4H3;4-7,12-14H,8-11,26H2,1-3H3,(H,27,32);3-6,11-13H,7-10,25H2,1-2H3,(H2,26,31);3-6,11-13H,7-10,25H2,1-2H3,(H,30,31). The van der Waals surface area contributed by atoms with Gasteiger partial charge in [-0.2, -0.15) is 20.4 Å². The van der Waals surface area contributed by atoms with Crippen molar-refractivity contribution in [1.29, 1.82) is 0 Å². The maximum atomic E-state index is 14.2. The molecule has 0 radical (unpaired) electrons. The number of aromatic carboxylic acids is 1. The molecule has 12 heterocycles. The summed E-state index contributed by atoms with van der Waals surface area (Å²) in [5.41, 5.74) is 48.6. The molecule has 0 saturated carbocycles. The molecule has 3 amide bonds. The fourth-order valence-corrected chi connectivity index (χ4v) is 15.4. The van der Waals surface area contributed by atoms with Crippen LogP contribution >= 0.6 is 0 Å². The van der Waals surface area contributed by atoms with Crippen molar-refractivity contribution in [3.05, 3.63) is 285 Å². The van der Waals surface area contributed by atoms with Gasteiger partial charge in [0, 0.05) is 263 Å². The highest BCUT2D eigenvalue weighted by molar-refractivity contribution is 5.95. The number of rotatable bonds is 32. The van der Waals surface area contributed by atoms with E-state index >= 15 is 0 Å². The zero-order valence-corrected chi connectivity index (χ0v) is 74.7. The first-order valence-corrected chi connectivity index (χ1v) is 42.4. The Bertz CT molecular complexity index is 6650. The van der Waals surface area contributed by atoms with Gasteiger partial charge in [-0.25, -0.2) is 42.3 Å². The molecule has 682 valence electrons. The van der Waals surface area contributed by atoms with Crippen molar-refractivity contribution in [1.82, 2.24) is 86.9 Å². The maximum absolute atomic E-state index is 14.2. The summed E-state index contributed by atoms with van der Waals surface area (Å²) in [6, 6.07) is 32.7. The number of carbonyl (C=O) groups is 4. The molecule has 16 aromatic rings. The Morgan fingerprint density at radius 3 is 0.908 bits per heavy atom. The van der Waals surface area contributed by atoms with E-state index < -0.39 is 11.9 Å². The number of ether oxygens (including phenoxy) is 4. The first-order chi connectivity index (χ1) is 63.0. The number of imidazole rings is 4. The summed E-state index contributed by atoms with van der Waals surface area (Å²) in [6.07, 6.45) is 19.3. The molecule has 36 heteroatoms. The van der Waals surface area contributed by atoms with Crippen LogP contribution in [0.4, 0.5) is 17.6 Å². The van der Waals surface area contributed by atoms with Crippen LogP contribution in [0.3, 0.4) is 0 Å². The fourth-order valence-electron chi connectivity index (χ4n) is 15.4. The molecule has 0 aliphatic heterocycles. The minimum atomic E-state index is -1.08. The van der Waals surface area contributed by atoms with Gasteiger partial charge in [-0.1, -0.05) is 0 Å². The highest BCUT2D eigenvalue weighted by atomic mass is 19.1. The molecule has 0 spiro atoms. The molecule has 4 aromatic carbocycles. The number of pyridine rings is 4. The van der Waals surface area contributed by atoms with Crippen molar-refractivity contribution < 1.29 is 60.8 Å². The monoisotopic (exact) mass is 1790 g/mol. The number of aromatic nitrogens is 16. The van der Waals surface area contributed by atoms with E-state index in [0.717, 1.165) is 107 Å². The number of nitrogens with two attached hydrogens (primary N) is 5. The lowest BCUT2D eigenvalue weighted by Gasteiger charge is -2.14. The van der Waals surface area contributed by atoms with E-state index in [1.165, 1.54) is 53.4 Å². The molecule has 0 fully saturated rings. The summed E-state index contributed by atoms with van der Waals surface area (Å²) in [7, 11) is 12.1. The average molecular weight is 1790 g/mol. The zero-order valence-electron chi connectivity index (χ0n) is 74.7. The number of hydrogen-bond donors (Lipinski definition) is 7. The number of benzene rings is 4. The van der Waals surface area contributed by atoms with Gasteiger partial charge in [-0.15, -0.1) is 0 Å². The molecule has 12 aromatic heterocycles. The van der Waals surface area contributed by atoms with Crippen molar-refractivity contribution in [3.8, 4) is 67.5 Å². The van der Waals surface area contributed by atoms with E-state index in [1.807, 2.05) is 126 Å². The maximum Gasteiger partial charge on any atom is 0.356 e.